The van der Waals surface area contributed by atoms with Crippen molar-refractivity contribution in [2.24, 2.45) is 7.05 Å². The van der Waals surface area contributed by atoms with Crippen LogP contribution in [-0.4, -0.2) is 16.8 Å². The molecule has 0 aliphatic heterocycles. The van der Waals surface area contributed by atoms with Gasteiger partial charge in [-0.25, -0.2) is 0 Å². The summed E-state index contributed by atoms with van der Waals surface area (Å²) in [5.74, 6) is 0.909. The smallest absolute Gasteiger partial charge is 0.134 e. The number of fused-ring (bicyclic) bond motifs is 1. The van der Waals surface area contributed by atoms with Gasteiger partial charge in [0.1, 0.15) is 17.4 Å². The molecule has 1 aromatic carbocycles. The number of aryl methyl sites for hydroxylation is 2. The summed E-state index contributed by atoms with van der Waals surface area (Å²) in [6, 6.07) is 12.2. The maximum absolute atomic E-state index is 5.94. The monoisotopic (exact) mass is 255 g/mol. The fourth-order valence-corrected chi connectivity index (χ4v) is 2.48. The first-order valence-electron chi connectivity index (χ1n) is 6.35. The number of hydrogen-bond donors (Lipinski definition) is 1. The minimum Gasteiger partial charge on any atom is -0.459 e. The Hall–Kier alpha value is -2.07. The van der Waals surface area contributed by atoms with Gasteiger partial charge in [-0.1, -0.05) is 18.2 Å². The first-order chi connectivity index (χ1) is 9.19. The third-order valence-electron chi connectivity index (χ3n) is 3.35. The van der Waals surface area contributed by atoms with E-state index >= 15 is 0 Å². The van der Waals surface area contributed by atoms with Gasteiger partial charge in [0.05, 0.1) is 11.4 Å². The zero-order valence-corrected chi connectivity index (χ0v) is 11.3. The summed E-state index contributed by atoms with van der Waals surface area (Å²) >= 11 is 0. The van der Waals surface area contributed by atoms with Crippen molar-refractivity contribution >= 4 is 11.0 Å². The fraction of sp³-hybridized carbons (Fsp3) is 0.267. The van der Waals surface area contributed by atoms with E-state index < -0.39 is 0 Å². The topological polar surface area (TPSA) is 43.0 Å². The van der Waals surface area contributed by atoms with Crippen LogP contribution in [0.3, 0.4) is 0 Å². The van der Waals surface area contributed by atoms with Gasteiger partial charge in [-0.15, -0.1) is 0 Å². The predicted octanol–water partition coefficient (Wildman–Crippen LogP) is 2.78. The number of rotatable bonds is 3. The predicted molar refractivity (Wildman–Crippen MR) is 75.1 cm³/mol. The average molecular weight is 255 g/mol. The van der Waals surface area contributed by atoms with Gasteiger partial charge in [-0.3, -0.25) is 4.68 Å². The Bertz CT molecular complexity index is 678. The standard InChI is InChI=1S/C15H17N3O/c1-10-8-12(18(3)17-10)15(16-2)14-9-11-6-4-5-7-13(11)19-14/h4-9,15-16H,1-3H3. The largest absolute Gasteiger partial charge is 0.459 e. The zero-order valence-electron chi connectivity index (χ0n) is 11.3. The van der Waals surface area contributed by atoms with E-state index in [1.54, 1.807) is 0 Å². The first kappa shape index (κ1) is 12.0. The fourth-order valence-electron chi connectivity index (χ4n) is 2.48. The lowest BCUT2D eigenvalue weighted by molar-refractivity contribution is 0.473. The molecule has 19 heavy (non-hydrogen) atoms. The molecule has 1 N–H and O–H groups in total. The normalized spacial score (nSPS) is 13.0. The van der Waals surface area contributed by atoms with E-state index in [2.05, 4.69) is 28.6 Å². The maximum atomic E-state index is 5.94. The van der Waals surface area contributed by atoms with Crippen molar-refractivity contribution in [1.82, 2.24) is 15.1 Å². The lowest BCUT2D eigenvalue weighted by atomic mass is 10.1. The van der Waals surface area contributed by atoms with Crippen LogP contribution in [0.2, 0.25) is 0 Å². The molecule has 0 aliphatic rings. The van der Waals surface area contributed by atoms with Gasteiger partial charge in [0.15, 0.2) is 0 Å². The second-order valence-corrected chi connectivity index (χ2v) is 4.74. The molecule has 1 unspecified atom stereocenters. The number of nitrogens with one attached hydrogen (secondary N) is 1. The van der Waals surface area contributed by atoms with E-state index in [0.29, 0.717) is 0 Å². The first-order valence-corrected chi connectivity index (χ1v) is 6.35. The highest BCUT2D eigenvalue weighted by molar-refractivity contribution is 5.77. The number of para-hydroxylation sites is 1. The van der Waals surface area contributed by atoms with Crippen LogP contribution < -0.4 is 5.32 Å². The molecular weight excluding hydrogens is 238 g/mol. The van der Waals surface area contributed by atoms with Gasteiger partial charge in [0.25, 0.3) is 0 Å². The molecule has 0 amide bonds. The van der Waals surface area contributed by atoms with Crippen molar-refractivity contribution in [3.05, 3.63) is 53.5 Å². The quantitative estimate of drug-likeness (QED) is 0.782. The average Bonchev–Trinajstić information content (AvgIpc) is 2.94. The van der Waals surface area contributed by atoms with Crippen molar-refractivity contribution in [1.29, 1.82) is 0 Å². The molecule has 0 spiro atoms. The molecule has 1 atom stereocenters. The molecule has 4 heteroatoms. The van der Waals surface area contributed by atoms with Crippen LogP contribution in [-0.2, 0) is 7.05 Å². The molecule has 0 aliphatic carbocycles. The number of hydrogen-bond acceptors (Lipinski definition) is 3. The molecule has 3 aromatic rings. The molecule has 0 saturated carbocycles. The van der Waals surface area contributed by atoms with Gasteiger partial charge in [0.2, 0.25) is 0 Å². The second-order valence-electron chi connectivity index (χ2n) is 4.74. The Balaban J connectivity index is 2.09. The lowest BCUT2D eigenvalue weighted by Gasteiger charge is -2.13. The Kier molecular flexibility index (Phi) is 2.87. The van der Waals surface area contributed by atoms with Crippen LogP contribution in [0.15, 0.2) is 40.8 Å². The van der Waals surface area contributed by atoms with Gasteiger partial charge in [0, 0.05) is 12.4 Å². The van der Waals surface area contributed by atoms with Crippen LogP contribution in [0, 0.1) is 6.92 Å². The lowest BCUT2D eigenvalue weighted by Crippen LogP contribution is -2.20. The van der Waals surface area contributed by atoms with Crippen LogP contribution in [0.4, 0.5) is 0 Å². The summed E-state index contributed by atoms with van der Waals surface area (Å²) < 4.78 is 7.83. The van der Waals surface area contributed by atoms with Crippen molar-refractivity contribution < 1.29 is 4.42 Å². The molecule has 3 rings (SSSR count). The SMILES string of the molecule is CNC(c1cc2ccccc2o1)c1cc(C)nn1C. The maximum Gasteiger partial charge on any atom is 0.134 e. The van der Waals surface area contributed by atoms with Gasteiger partial charge in [-0.2, -0.15) is 5.10 Å². The Labute approximate surface area is 112 Å². The van der Waals surface area contributed by atoms with Crippen molar-refractivity contribution in [3.63, 3.8) is 0 Å². The summed E-state index contributed by atoms with van der Waals surface area (Å²) in [6.07, 6.45) is 0. The molecular formula is C15H17N3O. The Morgan fingerprint density at radius 3 is 2.68 bits per heavy atom. The molecule has 98 valence electrons. The number of aromatic nitrogens is 2. The zero-order chi connectivity index (χ0) is 13.4. The minimum atomic E-state index is 0.0126. The Morgan fingerprint density at radius 1 is 1.26 bits per heavy atom. The van der Waals surface area contributed by atoms with Gasteiger partial charge >= 0.3 is 0 Å². The van der Waals surface area contributed by atoms with Crippen LogP contribution in [0.5, 0.6) is 0 Å². The van der Waals surface area contributed by atoms with E-state index in [9.17, 15) is 0 Å². The molecule has 4 nitrogen and oxygen atoms in total. The molecule has 2 aromatic heterocycles. The summed E-state index contributed by atoms with van der Waals surface area (Å²) in [4.78, 5) is 0. The number of nitrogens with zero attached hydrogens (tertiary/aromatic N) is 2. The second kappa shape index (κ2) is 4.55. The van der Waals surface area contributed by atoms with E-state index in [0.717, 1.165) is 28.1 Å². The van der Waals surface area contributed by atoms with Crippen LogP contribution in [0.1, 0.15) is 23.2 Å². The van der Waals surface area contributed by atoms with Crippen molar-refractivity contribution in [3.8, 4) is 0 Å². The van der Waals surface area contributed by atoms with E-state index in [1.807, 2.05) is 43.9 Å². The van der Waals surface area contributed by atoms with Gasteiger partial charge in [-0.05, 0) is 32.2 Å². The third kappa shape index (κ3) is 2.04. The van der Waals surface area contributed by atoms with E-state index in [1.165, 1.54) is 0 Å². The van der Waals surface area contributed by atoms with Crippen molar-refractivity contribution in [2.75, 3.05) is 7.05 Å². The van der Waals surface area contributed by atoms with Gasteiger partial charge < -0.3 is 9.73 Å². The summed E-state index contributed by atoms with van der Waals surface area (Å²) in [5, 5.41) is 8.81. The third-order valence-corrected chi connectivity index (χ3v) is 3.35. The van der Waals surface area contributed by atoms with E-state index in [4.69, 9.17) is 4.42 Å². The highest BCUT2D eigenvalue weighted by Crippen LogP contribution is 2.28. The summed E-state index contributed by atoms with van der Waals surface area (Å²) in [7, 11) is 3.88. The molecule has 2 heterocycles. The molecule has 0 saturated heterocycles. The summed E-state index contributed by atoms with van der Waals surface area (Å²) in [5.41, 5.74) is 3.02. The van der Waals surface area contributed by atoms with Crippen LogP contribution in [0.25, 0.3) is 11.0 Å². The number of benzene rings is 1. The minimum absolute atomic E-state index is 0.0126. The molecule has 0 fully saturated rings. The van der Waals surface area contributed by atoms with Crippen LogP contribution >= 0.6 is 0 Å². The van der Waals surface area contributed by atoms with E-state index in [-0.39, 0.29) is 6.04 Å². The highest BCUT2D eigenvalue weighted by Gasteiger charge is 2.20. The number of furan rings is 1. The Morgan fingerprint density at radius 2 is 2.05 bits per heavy atom. The highest BCUT2D eigenvalue weighted by atomic mass is 16.3. The van der Waals surface area contributed by atoms with Crippen molar-refractivity contribution in [2.45, 2.75) is 13.0 Å². The molecule has 0 radical (unpaired) electrons. The summed E-state index contributed by atoms with van der Waals surface area (Å²) in [6.45, 7) is 1.99. The molecule has 0 bridgehead atoms.